The van der Waals surface area contributed by atoms with E-state index in [0.29, 0.717) is 73.7 Å². The van der Waals surface area contributed by atoms with E-state index in [2.05, 4.69) is 29.0 Å². The number of nitro groups is 1. The highest BCUT2D eigenvalue weighted by Crippen LogP contribution is 2.60. The van der Waals surface area contributed by atoms with Crippen LogP contribution in [0.3, 0.4) is 0 Å². The normalized spacial score (nSPS) is 32.8. The van der Waals surface area contributed by atoms with Gasteiger partial charge < -0.3 is 24.4 Å². The number of methoxy groups -OCH3 is 1. The van der Waals surface area contributed by atoms with Crippen molar-refractivity contribution in [1.29, 1.82) is 0 Å². The number of non-ortho nitro benzene ring substituents is 1. The topological polar surface area (TPSA) is 145 Å². The van der Waals surface area contributed by atoms with Crippen molar-refractivity contribution in [2.45, 2.75) is 102 Å². The van der Waals surface area contributed by atoms with E-state index in [1.54, 1.807) is 6.07 Å². The van der Waals surface area contributed by atoms with Crippen LogP contribution in [0.1, 0.15) is 70.4 Å². The standard InChI is InChI=1S/C39H59Cl2N5O9/c1-26-7-10-32-27(2)34(52-37-39(32)31(26)11-12-38(3,53-37)54-55-39)6-5-15-43-18-20-45(21-19-43)25-35(47)42-33(36(48)51-4)23-29-22-30(46(49)50)9-8-28(29)24-44(16-13-40)17-14-41/h8-9,22,26-27,31-34,37H,5-7,10-21,23-25H2,1-4H3,(H,42,47)/t26-,27-,31?,32+,33+,34-,37-,38?,39?/m1/s1. The fraction of sp³-hybridized carbons (Fsp3) is 0.795. The number of nitro benzene ring substituents is 1. The van der Waals surface area contributed by atoms with Crippen molar-refractivity contribution in [3.63, 3.8) is 0 Å². The van der Waals surface area contributed by atoms with Crippen LogP contribution in [-0.4, -0.2) is 133 Å². The molecule has 5 saturated heterocycles. The summed E-state index contributed by atoms with van der Waals surface area (Å²) in [5.74, 6) is 0.648. The number of carbonyl (C=O) groups is 2. The van der Waals surface area contributed by atoms with Crippen LogP contribution >= 0.6 is 23.2 Å². The molecule has 2 bridgehead atoms. The van der Waals surface area contributed by atoms with Crippen LogP contribution in [0.5, 0.6) is 0 Å². The Morgan fingerprint density at radius 1 is 1.05 bits per heavy atom. The minimum Gasteiger partial charge on any atom is -0.467 e. The molecule has 1 aromatic rings. The molecule has 1 spiro atoms. The third kappa shape index (κ3) is 9.60. The first-order chi connectivity index (χ1) is 26.4. The second-order valence-corrected chi connectivity index (χ2v) is 17.2. The van der Waals surface area contributed by atoms with Gasteiger partial charge in [-0.3, -0.25) is 24.7 Å². The van der Waals surface area contributed by atoms with Crippen LogP contribution in [-0.2, 0) is 46.5 Å². The van der Waals surface area contributed by atoms with Gasteiger partial charge in [-0.25, -0.2) is 14.6 Å². The number of esters is 1. The summed E-state index contributed by atoms with van der Waals surface area (Å²) in [6.45, 7) is 12.4. The van der Waals surface area contributed by atoms with Crippen molar-refractivity contribution in [3.05, 3.63) is 39.4 Å². The minimum atomic E-state index is -1.02. The molecule has 1 N–H and O–H groups in total. The number of alkyl halides is 2. The number of carbonyl (C=O) groups excluding carboxylic acids is 2. The highest BCUT2D eigenvalue weighted by molar-refractivity contribution is 6.18. The van der Waals surface area contributed by atoms with E-state index in [-0.39, 0.29) is 30.7 Å². The van der Waals surface area contributed by atoms with E-state index in [1.165, 1.54) is 25.7 Å². The molecule has 9 atom stereocenters. The minimum absolute atomic E-state index is 0.0382. The van der Waals surface area contributed by atoms with Gasteiger partial charge >= 0.3 is 5.97 Å². The largest absolute Gasteiger partial charge is 0.467 e. The summed E-state index contributed by atoms with van der Waals surface area (Å²) < 4.78 is 18.4. The van der Waals surface area contributed by atoms with Crippen LogP contribution < -0.4 is 5.32 Å². The number of hydrogen-bond acceptors (Lipinski definition) is 12. The lowest BCUT2D eigenvalue weighted by Gasteiger charge is -2.60. The average molecular weight is 813 g/mol. The monoisotopic (exact) mass is 811 g/mol. The second-order valence-electron chi connectivity index (χ2n) is 16.4. The smallest absolute Gasteiger partial charge is 0.328 e. The van der Waals surface area contributed by atoms with Crippen molar-refractivity contribution >= 4 is 40.8 Å². The summed E-state index contributed by atoms with van der Waals surface area (Å²) in [5.41, 5.74) is 0.723. The molecule has 1 aliphatic carbocycles. The Kier molecular flexibility index (Phi) is 14.4. The van der Waals surface area contributed by atoms with E-state index in [4.69, 9.17) is 47.2 Å². The quantitative estimate of drug-likeness (QED) is 0.0764. The fourth-order valence-corrected chi connectivity index (χ4v) is 10.3. The zero-order chi connectivity index (χ0) is 39.3. The van der Waals surface area contributed by atoms with Gasteiger partial charge in [0.05, 0.1) is 24.7 Å². The van der Waals surface area contributed by atoms with E-state index in [0.717, 1.165) is 57.3 Å². The number of hydrogen-bond donors (Lipinski definition) is 1. The van der Waals surface area contributed by atoms with Gasteiger partial charge in [-0.05, 0) is 74.5 Å². The van der Waals surface area contributed by atoms with Crippen molar-refractivity contribution in [3.8, 4) is 0 Å². The zero-order valence-electron chi connectivity index (χ0n) is 32.7. The maximum atomic E-state index is 13.3. The number of amides is 1. The first kappa shape index (κ1) is 42.5. The molecular weight excluding hydrogens is 753 g/mol. The second kappa shape index (κ2) is 18.6. The maximum absolute atomic E-state index is 13.3. The summed E-state index contributed by atoms with van der Waals surface area (Å²) in [4.78, 5) is 56.2. The van der Waals surface area contributed by atoms with Crippen LogP contribution in [0, 0.1) is 33.8 Å². The molecule has 6 fully saturated rings. The fourth-order valence-electron chi connectivity index (χ4n) is 9.81. The van der Waals surface area contributed by atoms with Gasteiger partial charge in [0.2, 0.25) is 11.7 Å². The van der Waals surface area contributed by atoms with Crippen LogP contribution in [0.25, 0.3) is 0 Å². The van der Waals surface area contributed by atoms with E-state index < -0.39 is 34.6 Å². The molecule has 16 heteroatoms. The number of nitrogens with one attached hydrogen (secondary N) is 1. The number of benzene rings is 1. The molecule has 6 aliphatic rings. The lowest BCUT2D eigenvalue weighted by atomic mass is 9.57. The predicted molar refractivity (Wildman–Crippen MR) is 206 cm³/mol. The Morgan fingerprint density at radius 2 is 1.78 bits per heavy atom. The van der Waals surface area contributed by atoms with Crippen molar-refractivity contribution in [2.75, 3.05) is 71.2 Å². The molecule has 1 aromatic carbocycles. The molecular formula is C39H59Cl2N5O9. The van der Waals surface area contributed by atoms with Gasteiger partial charge in [0.1, 0.15) is 6.04 Å². The highest BCUT2D eigenvalue weighted by Gasteiger charge is 2.69. The molecule has 0 radical (unpaired) electrons. The Morgan fingerprint density at radius 3 is 2.47 bits per heavy atom. The van der Waals surface area contributed by atoms with Crippen molar-refractivity contribution < 1.29 is 38.5 Å². The van der Waals surface area contributed by atoms with Gasteiger partial charge in [0.15, 0.2) is 11.9 Å². The molecule has 7 rings (SSSR count). The summed E-state index contributed by atoms with van der Waals surface area (Å²) >= 11 is 12.0. The van der Waals surface area contributed by atoms with E-state index >= 15 is 0 Å². The van der Waals surface area contributed by atoms with Gasteiger partial charge in [0, 0.05) is 88.5 Å². The number of halogens is 2. The van der Waals surface area contributed by atoms with Gasteiger partial charge in [-0.2, -0.15) is 0 Å². The average Bonchev–Trinajstić information content (AvgIpc) is 3.39. The van der Waals surface area contributed by atoms with Crippen molar-refractivity contribution in [2.24, 2.45) is 23.7 Å². The molecule has 14 nitrogen and oxygen atoms in total. The Balaban J connectivity index is 0.988. The van der Waals surface area contributed by atoms with Gasteiger partial charge in [0.25, 0.3) is 5.69 Å². The molecule has 308 valence electrons. The molecule has 3 unspecified atom stereocenters. The molecule has 1 saturated carbocycles. The SMILES string of the molecule is COC(=O)[C@H](Cc1cc([N+](=O)[O-])ccc1CN(CCCl)CCCl)NC(=O)CN1CCN(CCC[C@H]2O[C@@H]3OC4(C)CCC5[C@H](C)CC[C@@H]([C@H]2C)C53OO4)CC1. The van der Waals surface area contributed by atoms with Gasteiger partial charge in [-0.1, -0.05) is 19.9 Å². The predicted octanol–water partition coefficient (Wildman–Crippen LogP) is 4.72. The Labute approximate surface area is 334 Å². The number of nitrogens with zero attached hydrogens (tertiary/aromatic N) is 4. The number of rotatable bonds is 17. The molecule has 0 aromatic heterocycles. The van der Waals surface area contributed by atoms with Gasteiger partial charge in [-0.15, -0.1) is 23.2 Å². The first-order valence-electron chi connectivity index (χ1n) is 20.0. The molecule has 5 aliphatic heterocycles. The zero-order valence-corrected chi connectivity index (χ0v) is 34.2. The van der Waals surface area contributed by atoms with Crippen LogP contribution in [0.15, 0.2) is 18.2 Å². The summed E-state index contributed by atoms with van der Waals surface area (Å²) in [7, 11) is 1.26. The number of fused-ring (bicyclic) bond motifs is 2. The highest BCUT2D eigenvalue weighted by atomic mass is 35.5. The third-order valence-electron chi connectivity index (χ3n) is 12.9. The van der Waals surface area contributed by atoms with Crippen LogP contribution in [0.4, 0.5) is 5.69 Å². The Bertz CT molecular complexity index is 1500. The first-order valence-corrected chi connectivity index (χ1v) is 21.1. The van der Waals surface area contributed by atoms with Crippen molar-refractivity contribution in [1.82, 2.24) is 20.0 Å². The summed E-state index contributed by atoms with van der Waals surface area (Å²) in [5, 5.41) is 14.5. The summed E-state index contributed by atoms with van der Waals surface area (Å²) in [6, 6.07) is 3.56. The Hall–Kier alpha value is -2.14. The van der Waals surface area contributed by atoms with E-state index in [1.807, 2.05) is 11.8 Å². The maximum Gasteiger partial charge on any atom is 0.328 e. The molecule has 5 heterocycles. The molecule has 1 amide bonds. The van der Waals surface area contributed by atoms with E-state index in [9.17, 15) is 19.7 Å². The lowest BCUT2D eigenvalue weighted by molar-refractivity contribution is -0.571. The van der Waals surface area contributed by atoms with Crippen LogP contribution in [0.2, 0.25) is 0 Å². The number of ether oxygens (including phenoxy) is 3. The number of piperazine rings is 1. The molecule has 55 heavy (non-hydrogen) atoms. The lowest BCUT2D eigenvalue weighted by Crippen LogP contribution is -2.70. The summed E-state index contributed by atoms with van der Waals surface area (Å²) in [6.07, 6.45) is 5.75. The third-order valence-corrected chi connectivity index (χ3v) is 13.3.